The van der Waals surface area contributed by atoms with Crippen LogP contribution in [0.1, 0.15) is 18.1 Å². The molecule has 0 aliphatic rings. The van der Waals surface area contributed by atoms with E-state index in [0.717, 1.165) is 41.0 Å². The molecule has 0 aliphatic heterocycles. The van der Waals surface area contributed by atoms with E-state index >= 15 is 0 Å². The van der Waals surface area contributed by atoms with Crippen LogP contribution < -0.4 is 9.80 Å². The summed E-state index contributed by atoms with van der Waals surface area (Å²) in [6, 6.07) is 13.0. The number of pyridine rings is 1. The Morgan fingerprint density at radius 1 is 0.774 bits per heavy atom. The fraction of sp³-hybridized carbons (Fsp3) is 0.348. The minimum absolute atomic E-state index is 0.599. The number of hydrogen-bond acceptors (Lipinski definition) is 8. The van der Waals surface area contributed by atoms with Gasteiger partial charge in [-0.25, -0.2) is 4.98 Å². The van der Waals surface area contributed by atoms with Crippen LogP contribution in [0.2, 0.25) is 0 Å². The summed E-state index contributed by atoms with van der Waals surface area (Å²) < 4.78 is 0. The summed E-state index contributed by atoms with van der Waals surface area (Å²) in [5.74, 6) is 2.25. The Kier molecular flexibility index (Phi) is 6.18. The highest BCUT2D eigenvalue weighted by Crippen LogP contribution is 2.37. The second-order valence-electron chi connectivity index (χ2n) is 7.95. The molecule has 0 saturated carbocycles. The van der Waals surface area contributed by atoms with E-state index in [4.69, 9.17) is 4.98 Å². The highest BCUT2D eigenvalue weighted by atomic mass is 32.2. The van der Waals surface area contributed by atoms with Crippen LogP contribution in [-0.2, 0) is 6.42 Å². The first-order chi connectivity index (χ1) is 14.9. The summed E-state index contributed by atoms with van der Waals surface area (Å²) in [5, 5.41) is 18.6. The van der Waals surface area contributed by atoms with E-state index in [9.17, 15) is 0 Å². The van der Waals surface area contributed by atoms with E-state index in [1.54, 1.807) is 6.92 Å². The lowest BCUT2D eigenvalue weighted by Crippen LogP contribution is -2.09. The molecule has 0 fully saturated rings. The number of rotatable bonds is 7. The molecule has 2 heterocycles. The van der Waals surface area contributed by atoms with E-state index in [1.165, 1.54) is 15.7 Å². The summed E-state index contributed by atoms with van der Waals surface area (Å²) >= 11 is 1.87. The largest absolute Gasteiger partial charge is 0.378 e. The first-order valence-electron chi connectivity index (χ1n) is 10.3. The standard InChI is InChI=1S/C23H27N7S/c1-15-25-27-22(28-26-15)7-6-12-31-23-18-10-8-16(29(2)3)13-20(18)24-21-14-17(30(4)5)9-11-19(21)23/h8-11,13-14H,6-7,12H2,1-5H3. The van der Waals surface area contributed by atoms with Gasteiger partial charge in [0, 0.05) is 61.7 Å². The maximum Gasteiger partial charge on any atom is 0.173 e. The van der Waals surface area contributed by atoms with Gasteiger partial charge in [-0.15, -0.1) is 32.2 Å². The lowest BCUT2D eigenvalue weighted by atomic mass is 10.1. The van der Waals surface area contributed by atoms with Crippen molar-refractivity contribution in [2.75, 3.05) is 43.7 Å². The van der Waals surface area contributed by atoms with Crippen LogP contribution in [0.3, 0.4) is 0 Å². The predicted molar refractivity (Wildman–Crippen MR) is 129 cm³/mol. The third kappa shape index (κ3) is 4.69. The van der Waals surface area contributed by atoms with Gasteiger partial charge < -0.3 is 9.80 Å². The summed E-state index contributed by atoms with van der Waals surface area (Å²) in [6.45, 7) is 1.79. The van der Waals surface area contributed by atoms with Crippen LogP contribution in [0, 0.1) is 6.92 Å². The maximum absolute atomic E-state index is 5.01. The molecule has 7 nitrogen and oxygen atoms in total. The van der Waals surface area contributed by atoms with E-state index in [-0.39, 0.29) is 0 Å². The number of nitrogens with zero attached hydrogens (tertiary/aromatic N) is 7. The van der Waals surface area contributed by atoms with Crippen molar-refractivity contribution in [3.63, 3.8) is 0 Å². The second-order valence-corrected chi connectivity index (χ2v) is 9.05. The third-order valence-corrected chi connectivity index (χ3v) is 6.36. The Bertz CT molecular complexity index is 1140. The summed E-state index contributed by atoms with van der Waals surface area (Å²) in [6.07, 6.45) is 1.72. The van der Waals surface area contributed by atoms with Gasteiger partial charge in [-0.3, -0.25) is 0 Å². The van der Waals surface area contributed by atoms with Crippen molar-refractivity contribution in [1.82, 2.24) is 25.4 Å². The molecule has 0 atom stereocenters. The number of aromatic nitrogens is 5. The number of benzene rings is 2. The Labute approximate surface area is 186 Å². The molecule has 8 heteroatoms. The molecule has 2 aromatic carbocycles. The van der Waals surface area contributed by atoms with Gasteiger partial charge in [0.1, 0.15) is 0 Å². The highest BCUT2D eigenvalue weighted by molar-refractivity contribution is 7.99. The van der Waals surface area contributed by atoms with Gasteiger partial charge in [0.15, 0.2) is 11.6 Å². The molecule has 4 rings (SSSR count). The van der Waals surface area contributed by atoms with E-state index in [0.29, 0.717) is 11.6 Å². The van der Waals surface area contributed by atoms with Crippen molar-refractivity contribution < 1.29 is 0 Å². The average Bonchev–Trinajstić information content (AvgIpc) is 2.76. The molecule has 2 aromatic heterocycles. The Morgan fingerprint density at radius 3 is 1.84 bits per heavy atom. The summed E-state index contributed by atoms with van der Waals surface area (Å²) in [7, 11) is 8.22. The molecule has 0 N–H and O–H groups in total. The van der Waals surface area contributed by atoms with Crippen LogP contribution in [0.15, 0.2) is 41.3 Å². The smallest absolute Gasteiger partial charge is 0.173 e. The van der Waals surface area contributed by atoms with Crippen molar-refractivity contribution in [2.45, 2.75) is 24.7 Å². The second kappa shape index (κ2) is 9.01. The van der Waals surface area contributed by atoms with Crippen LogP contribution in [0.4, 0.5) is 11.4 Å². The van der Waals surface area contributed by atoms with Gasteiger partial charge in [0.05, 0.1) is 11.0 Å². The van der Waals surface area contributed by atoms with Gasteiger partial charge in [-0.1, -0.05) is 0 Å². The van der Waals surface area contributed by atoms with Crippen molar-refractivity contribution in [2.24, 2.45) is 0 Å². The molecule has 160 valence electrons. The summed E-state index contributed by atoms with van der Waals surface area (Å²) in [4.78, 5) is 10.5. The van der Waals surface area contributed by atoms with Crippen LogP contribution in [-0.4, -0.2) is 59.3 Å². The lowest BCUT2D eigenvalue weighted by Gasteiger charge is -2.17. The molecule has 31 heavy (non-hydrogen) atoms. The van der Waals surface area contributed by atoms with Gasteiger partial charge in [0.2, 0.25) is 0 Å². The molecular weight excluding hydrogens is 406 g/mol. The monoisotopic (exact) mass is 433 g/mol. The van der Waals surface area contributed by atoms with Crippen molar-refractivity contribution in [3.8, 4) is 0 Å². The maximum atomic E-state index is 5.01. The molecule has 0 bridgehead atoms. The van der Waals surface area contributed by atoms with Gasteiger partial charge in [-0.2, -0.15) is 0 Å². The van der Waals surface area contributed by atoms with Gasteiger partial charge >= 0.3 is 0 Å². The normalized spacial score (nSPS) is 11.3. The zero-order valence-corrected chi connectivity index (χ0v) is 19.4. The molecule has 0 spiro atoms. The molecule has 0 amide bonds. The number of thioether (sulfide) groups is 1. The molecule has 0 aliphatic carbocycles. The fourth-order valence-corrected chi connectivity index (χ4v) is 4.55. The first-order valence-corrected chi connectivity index (χ1v) is 11.3. The molecule has 0 radical (unpaired) electrons. The van der Waals surface area contributed by atoms with E-state index in [1.807, 2.05) is 11.8 Å². The Hall–Kier alpha value is -3.00. The number of hydrogen-bond donors (Lipinski definition) is 0. The van der Waals surface area contributed by atoms with E-state index < -0.39 is 0 Å². The zero-order chi connectivity index (χ0) is 22.0. The third-order valence-electron chi connectivity index (χ3n) is 5.14. The topological polar surface area (TPSA) is 70.9 Å². The fourth-order valence-electron chi connectivity index (χ4n) is 3.40. The lowest BCUT2D eigenvalue weighted by molar-refractivity contribution is 0.711. The Morgan fingerprint density at radius 2 is 1.32 bits per heavy atom. The quantitative estimate of drug-likeness (QED) is 0.245. The number of aryl methyl sites for hydroxylation is 2. The molecule has 0 saturated heterocycles. The Balaban J connectivity index is 1.67. The first kappa shape index (κ1) is 21.2. The average molecular weight is 434 g/mol. The van der Waals surface area contributed by atoms with Crippen LogP contribution in [0.5, 0.6) is 0 Å². The predicted octanol–water partition coefficient (Wildman–Crippen LogP) is 4.13. The van der Waals surface area contributed by atoms with Crippen molar-refractivity contribution in [1.29, 1.82) is 0 Å². The number of anilines is 2. The van der Waals surface area contributed by atoms with Crippen LogP contribution in [0.25, 0.3) is 21.8 Å². The molecular formula is C23H27N7S. The van der Waals surface area contributed by atoms with Gasteiger partial charge in [0.25, 0.3) is 0 Å². The van der Waals surface area contributed by atoms with Crippen molar-refractivity contribution in [3.05, 3.63) is 48.0 Å². The molecule has 4 aromatic rings. The minimum atomic E-state index is 0.599. The van der Waals surface area contributed by atoms with Crippen LogP contribution >= 0.6 is 11.8 Å². The number of fused-ring (bicyclic) bond motifs is 2. The highest BCUT2D eigenvalue weighted by Gasteiger charge is 2.12. The van der Waals surface area contributed by atoms with E-state index in [2.05, 4.69) is 94.8 Å². The van der Waals surface area contributed by atoms with Crippen molar-refractivity contribution >= 4 is 44.9 Å². The minimum Gasteiger partial charge on any atom is -0.378 e. The molecule has 0 unspecified atom stereocenters. The zero-order valence-electron chi connectivity index (χ0n) is 18.6. The SMILES string of the molecule is Cc1nnc(CCCSc2c3ccc(N(C)C)cc3nc3cc(N(C)C)ccc23)nn1. The summed E-state index contributed by atoms with van der Waals surface area (Å²) in [5.41, 5.74) is 4.34. The van der Waals surface area contributed by atoms with Gasteiger partial charge in [-0.05, 0) is 55.5 Å².